The van der Waals surface area contributed by atoms with E-state index in [1.165, 1.54) is 7.11 Å². The molecule has 0 saturated heterocycles. The number of hydrogen-bond acceptors (Lipinski definition) is 7. The molecule has 0 aliphatic rings. The van der Waals surface area contributed by atoms with Crippen molar-refractivity contribution in [3.63, 3.8) is 0 Å². The molecule has 0 bridgehead atoms. The predicted molar refractivity (Wildman–Crippen MR) is 72.9 cm³/mol. The molecule has 0 aromatic carbocycles. The number of carbonyl (C=O) groups is 1. The van der Waals surface area contributed by atoms with Gasteiger partial charge >= 0.3 is 5.97 Å². The molecule has 0 saturated carbocycles. The Kier molecular flexibility index (Phi) is 4.80. The first-order valence-electron chi connectivity index (χ1n) is 6.06. The van der Waals surface area contributed by atoms with Crippen LogP contribution < -0.4 is 0 Å². The predicted octanol–water partition coefficient (Wildman–Crippen LogP) is 1.07. The van der Waals surface area contributed by atoms with Crippen molar-refractivity contribution in [1.82, 2.24) is 20.0 Å². The minimum Gasteiger partial charge on any atom is -0.464 e. The van der Waals surface area contributed by atoms with Crippen LogP contribution in [0.25, 0.3) is 0 Å². The molecule has 0 radical (unpaired) electrons. The van der Waals surface area contributed by atoms with Gasteiger partial charge in [0, 0.05) is 24.6 Å². The highest BCUT2D eigenvalue weighted by molar-refractivity contribution is 7.09. The van der Waals surface area contributed by atoms with Gasteiger partial charge in [0.1, 0.15) is 5.01 Å². The Morgan fingerprint density at radius 2 is 2.25 bits per heavy atom. The van der Waals surface area contributed by atoms with Crippen LogP contribution in [-0.2, 0) is 22.4 Å². The summed E-state index contributed by atoms with van der Waals surface area (Å²) in [6.07, 6.45) is 0.540. The first-order valence-corrected chi connectivity index (χ1v) is 6.94. The summed E-state index contributed by atoms with van der Waals surface area (Å²) in [6, 6.07) is 0. The molecular weight excluding hydrogens is 280 g/mol. The lowest BCUT2D eigenvalue weighted by Gasteiger charge is -2.05. The molecule has 2 heterocycles. The van der Waals surface area contributed by atoms with Gasteiger partial charge in [-0.25, -0.2) is 14.5 Å². The van der Waals surface area contributed by atoms with E-state index in [-0.39, 0.29) is 5.69 Å². The molecule has 0 amide bonds. The molecule has 20 heavy (non-hydrogen) atoms. The lowest BCUT2D eigenvalue weighted by atomic mass is 10.2. The summed E-state index contributed by atoms with van der Waals surface area (Å²) in [4.78, 5) is 16.1. The van der Waals surface area contributed by atoms with Crippen molar-refractivity contribution in [3.8, 4) is 0 Å². The molecule has 0 unspecified atom stereocenters. The van der Waals surface area contributed by atoms with Gasteiger partial charge in [-0.2, -0.15) is 0 Å². The van der Waals surface area contributed by atoms with Gasteiger partial charge in [0.05, 0.1) is 26.0 Å². The molecule has 0 fully saturated rings. The molecule has 0 spiro atoms. The Morgan fingerprint density at radius 3 is 2.85 bits per heavy atom. The summed E-state index contributed by atoms with van der Waals surface area (Å²) >= 11 is 1.55. The number of aromatic nitrogens is 4. The van der Waals surface area contributed by atoms with Gasteiger partial charge in [-0.05, 0) is 6.92 Å². The second-order valence-electron chi connectivity index (χ2n) is 4.16. The van der Waals surface area contributed by atoms with Crippen LogP contribution >= 0.6 is 11.3 Å². The third kappa shape index (κ3) is 3.20. The van der Waals surface area contributed by atoms with Crippen molar-refractivity contribution in [2.45, 2.75) is 19.9 Å². The van der Waals surface area contributed by atoms with E-state index >= 15 is 0 Å². The Balaban J connectivity index is 2.27. The maximum Gasteiger partial charge on any atom is 0.360 e. The number of ether oxygens (including phenoxy) is 2. The highest BCUT2D eigenvalue weighted by atomic mass is 32.1. The molecule has 2 rings (SSSR count). The molecule has 8 heteroatoms. The molecular formula is C12H16N4O3S. The van der Waals surface area contributed by atoms with Crippen molar-refractivity contribution in [1.29, 1.82) is 0 Å². The number of rotatable bonds is 6. The molecule has 0 aliphatic carbocycles. The SMILES string of the molecule is COCCc1c(C(=O)OC)nnn1Cc1nc(C)cs1. The highest BCUT2D eigenvalue weighted by Gasteiger charge is 2.20. The third-order valence-electron chi connectivity index (χ3n) is 2.71. The van der Waals surface area contributed by atoms with E-state index in [0.29, 0.717) is 25.3 Å². The Bertz CT molecular complexity index is 593. The number of carbonyl (C=O) groups excluding carboxylic acids is 1. The van der Waals surface area contributed by atoms with E-state index in [1.807, 2.05) is 12.3 Å². The molecule has 2 aromatic heterocycles. The Morgan fingerprint density at radius 1 is 1.45 bits per heavy atom. The minimum atomic E-state index is -0.488. The van der Waals surface area contributed by atoms with Crippen molar-refractivity contribution in [2.24, 2.45) is 0 Å². The van der Waals surface area contributed by atoms with Crippen molar-refractivity contribution in [3.05, 3.63) is 27.5 Å². The smallest absolute Gasteiger partial charge is 0.360 e. The summed E-state index contributed by atoms with van der Waals surface area (Å²) in [7, 11) is 2.93. The number of thiazole rings is 1. The lowest BCUT2D eigenvalue weighted by molar-refractivity contribution is 0.0592. The lowest BCUT2D eigenvalue weighted by Crippen LogP contribution is -2.12. The number of hydrogen-bond donors (Lipinski definition) is 0. The summed E-state index contributed by atoms with van der Waals surface area (Å²) in [6.45, 7) is 2.91. The van der Waals surface area contributed by atoms with Crippen LogP contribution in [0.15, 0.2) is 5.38 Å². The van der Waals surface area contributed by atoms with E-state index in [0.717, 1.165) is 10.7 Å². The molecule has 0 atom stereocenters. The normalized spacial score (nSPS) is 10.8. The van der Waals surface area contributed by atoms with E-state index in [2.05, 4.69) is 15.3 Å². The standard InChI is InChI=1S/C12H16N4O3S/c1-8-7-20-10(13-8)6-16-9(4-5-18-2)11(14-15-16)12(17)19-3/h7H,4-6H2,1-3H3. The van der Waals surface area contributed by atoms with Gasteiger partial charge in [0.25, 0.3) is 0 Å². The fraction of sp³-hybridized carbons (Fsp3) is 0.500. The molecule has 7 nitrogen and oxygen atoms in total. The van der Waals surface area contributed by atoms with Crippen molar-refractivity contribution in [2.75, 3.05) is 20.8 Å². The first kappa shape index (κ1) is 14.6. The van der Waals surface area contributed by atoms with Crippen molar-refractivity contribution >= 4 is 17.3 Å². The van der Waals surface area contributed by atoms with Gasteiger partial charge < -0.3 is 9.47 Å². The summed E-state index contributed by atoms with van der Waals surface area (Å²) in [5, 5.41) is 10.8. The quantitative estimate of drug-likeness (QED) is 0.742. The third-order valence-corrected chi connectivity index (χ3v) is 3.66. The zero-order valence-electron chi connectivity index (χ0n) is 11.6. The van der Waals surface area contributed by atoms with Crippen LogP contribution in [0.1, 0.15) is 26.9 Å². The first-order chi connectivity index (χ1) is 9.65. The second kappa shape index (κ2) is 6.58. The number of methoxy groups -OCH3 is 2. The minimum absolute atomic E-state index is 0.234. The highest BCUT2D eigenvalue weighted by Crippen LogP contribution is 2.14. The van der Waals surface area contributed by atoms with Crippen LogP contribution in [0, 0.1) is 6.92 Å². The Labute approximate surface area is 120 Å². The van der Waals surface area contributed by atoms with Gasteiger partial charge in [0.15, 0.2) is 5.69 Å². The molecule has 0 aliphatic heterocycles. The van der Waals surface area contributed by atoms with Gasteiger partial charge in [-0.3, -0.25) is 0 Å². The fourth-order valence-electron chi connectivity index (χ4n) is 1.76. The molecule has 2 aromatic rings. The molecule has 108 valence electrons. The van der Waals surface area contributed by atoms with E-state index in [4.69, 9.17) is 9.47 Å². The number of nitrogens with zero attached hydrogens (tertiary/aromatic N) is 4. The summed E-state index contributed by atoms with van der Waals surface area (Å²) < 4.78 is 11.4. The van der Waals surface area contributed by atoms with Crippen LogP contribution in [0.3, 0.4) is 0 Å². The second-order valence-corrected chi connectivity index (χ2v) is 5.10. The van der Waals surface area contributed by atoms with Crippen LogP contribution in [0.4, 0.5) is 0 Å². The summed E-state index contributed by atoms with van der Waals surface area (Å²) in [5.41, 5.74) is 1.90. The van der Waals surface area contributed by atoms with Gasteiger partial charge in [-0.15, -0.1) is 16.4 Å². The largest absolute Gasteiger partial charge is 0.464 e. The van der Waals surface area contributed by atoms with Crippen LogP contribution in [0.5, 0.6) is 0 Å². The van der Waals surface area contributed by atoms with Gasteiger partial charge in [-0.1, -0.05) is 5.21 Å². The average molecular weight is 296 g/mol. The van der Waals surface area contributed by atoms with E-state index < -0.39 is 5.97 Å². The maximum atomic E-state index is 11.7. The Hall–Kier alpha value is -1.80. The van der Waals surface area contributed by atoms with Crippen LogP contribution in [0.2, 0.25) is 0 Å². The average Bonchev–Trinajstić information content (AvgIpc) is 3.03. The van der Waals surface area contributed by atoms with E-state index in [9.17, 15) is 4.79 Å². The topological polar surface area (TPSA) is 79.1 Å². The zero-order valence-corrected chi connectivity index (χ0v) is 12.4. The van der Waals surface area contributed by atoms with Gasteiger partial charge in [0.2, 0.25) is 0 Å². The summed E-state index contributed by atoms with van der Waals surface area (Å²) in [5.74, 6) is -0.488. The fourth-order valence-corrected chi connectivity index (χ4v) is 2.52. The number of aryl methyl sites for hydroxylation is 1. The van der Waals surface area contributed by atoms with E-state index in [1.54, 1.807) is 23.1 Å². The number of esters is 1. The monoisotopic (exact) mass is 296 g/mol. The zero-order chi connectivity index (χ0) is 14.5. The van der Waals surface area contributed by atoms with Crippen LogP contribution in [-0.4, -0.2) is 46.8 Å². The van der Waals surface area contributed by atoms with Crippen molar-refractivity contribution < 1.29 is 14.3 Å². The molecule has 0 N–H and O–H groups in total. The maximum absolute atomic E-state index is 11.7.